The zero-order valence-corrected chi connectivity index (χ0v) is 18.6. The van der Waals surface area contributed by atoms with Crippen molar-refractivity contribution in [2.75, 3.05) is 0 Å². The van der Waals surface area contributed by atoms with Gasteiger partial charge < -0.3 is 9.47 Å². The number of rotatable bonds is 3. The van der Waals surface area contributed by atoms with Gasteiger partial charge in [-0.05, 0) is 41.5 Å². The Morgan fingerprint density at radius 3 is 2.21 bits per heavy atom. The Morgan fingerprint density at radius 2 is 1.39 bits per heavy atom. The molecule has 0 spiro atoms. The zero-order chi connectivity index (χ0) is 22.4. The number of hydrogen-bond acceptors (Lipinski definition) is 4. The highest BCUT2D eigenvalue weighted by Gasteiger charge is 2.34. The van der Waals surface area contributed by atoms with Crippen molar-refractivity contribution in [3.63, 3.8) is 0 Å². The second kappa shape index (κ2) is 7.52. The van der Waals surface area contributed by atoms with Gasteiger partial charge in [0.1, 0.15) is 11.5 Å². The van der Waals surface area contributed by atoms with Crippen molar-refractivity contribution < 1.29 is 9.47 Å². The monoisotopic (exact) mass is 432 g/mol. The van der Waals surface area contributed by atoms with E-state index in [1.165, 1.54) is 11.1 Å². The normalized spacial score (nSPS) is 17.6. The Labute approximate surface area is 193 Å². The summed E-state index contributed by atoms with van der Waals surface area (Å²) in [5, 5.41) is 4.36. The van der Waals surface area contributed by atoms with E-state index in [1.807, 2.05) is 42.5 Å². The molecule has 0 aromatic heterocycles. The minimum atomic E-state index is -0.290. The molecule has 2 heterocycles. The van der Waals surface area contributed by atoms with Crippen molar-refractivity contribution in [1.29, 1.82) is 0 Å². The largest absolute Gasteiger partial charge is 0.457 e. The fraction of sp³-hybridized carbons (Fsp3) is 0.138. The van der Waals surface area contributed by atoms with Gasteiger partial charge in [0.25, 0.3) is 0 Å². The third kappa shape index (κ3) is 3.35. The fourth-order valence-corrected chi connectivity index (χ4v) is 4.61. The lowest BCUT2D eigenvalue weighted by Crippen LogP contribution is -2.24. The average molecular weight is 433 g/mol. The molecule has 0 fully saturated rings. The van der Waals surface area contributed by atoms with E-state index >= 15 is 0 Å². The SMILES string of the molecule is CC1(C)c2ccccc2Oc2ccc(-c3ccc(C4NN=C(c5ccccc5)O4)cc3)cc21. The number of fused-ring (bicyclic) bond motifs is 2. The third-order valence-corrected chi connectivity index (χ3v) is 6.51. The van der Waals surface area contributed by atoms with Crippen LogP contribution in [0, 0.1) is 0 Å². The minimum absolute atomic E-state index is 0.132. The van der Waals surface area contributed by atoms with Crippen molar-refractivity contribution in [3.8, 4) is 22.6 Å². The summed E-state index contributed by atoms with van der Waals surface area (Å²) >= 11 is 0. The Bertz CT molecular complexity index is 1360. The van der Waals surface area contributed by atoms with Gasteiger partial charge in [0.2, 0.25) is 12.1 Å². The van der Waals surface area contributed by atoms with Crippen molar-refractivity contribution in [2.24, 2.45) is 5.10 Å². The maximum atomic E-state index is 6.20. The summed E-state index contributed by atoms with van der Waals surface area (Å²) in [5.74, 6) is 2.48. The van der Waals surface area contributed by atoms with E-state index in [-0.39, 0.29) is 11.6 Å². The van der Waals surface area contributed by atoms with E-state index in [1.54, 1.807) is 0 Å². The van der Waals surface area contributed by atoms with Crippen LogP contribution < -0.4 is 10.2 Å². The van der Waals surface area contributed by atoms with Gasteiger partial charge in [-0.2, -0.15) is 0 Å². The van der Waals surface area contributed by atoms with Crippen LogP contribution in [-0.4, -0.2) is 5.90 Å². The molecular weight excluding hydrogens is 408 g/mol. The molecule has 0 radical (unpaired) electrons. The van der Waals surface area contributed by atoms with Crippen LogP contribution in [0.25, 0.3) is 11.1 Å². The van der Waals surface area contributed by atoms with Crippen LogP contribution in [0.1, 0.15) is 42.3 Å². The summed E-state index contributed by atoms with van der Waals surface area (Å²) in [6.45, 7) is 4.51. The molecule has 1 N–H and O–H groups in total. The van der Waals surface area contributed by atoms with Crippen molar-refractivity contribution in [1.82, 2.24) is 5.43 Å². The predicted octanol–water partition coefficient (Wildman–Crippen LogP) is 6.77. The second-order valence-corrected chi connectivity index (χ2v) is 8.97. The molecular formula is C29H24N2O2. The zero-order valence-electron chi connectivity index (χ0n) is 18.6. The highest BCUT2D eigenvalue weighted by atomic mass is 16.5. The highest BCUT2D eigenvalue weighted by molar-refractivity contribution is 5.94. The first-order chi connectivity index (χ1) is 16.1. The predicted molar refractivity (Wildman–Crippen MR) is 130 cm³/mol. The van der Waals surface area contributed by atoms with Crippen LogP contribution in [-0.2, 0) is 10.2 Å². The van der Waals surface area contributed by atoms with E-state index in [0.717, 1.165) is 33.8 Å². The van der Waals surface area contributed by atoms with Crippen LogP contribution in [0.2, 0.25) is 0 Å². The summed E-state index contributed by atoms with van der Waals surface area (Å²) < 4.78 is 12.2. The van der Waals surface area contributed by atoms with E-state index in [2.05, 4.69) is 79.0 Å². The standard InChI is InChI=1S/C29H24N2O2/c1-29(2)23-10-6-7-11-25(23)32-26-17-16-22(18-24(26)29)19-12-14-21(15-13-19)28-31-30-27(33-28)20-8-4-3-5-9-20/h3-18,28,31H,1-2H3. The molecule has 1 atom stereocenters. The number of nitrogens with one attached hydrogen (secondary N) is 1. The molecule has 4 aromatic carbocycles. The molecule has 2 aliphatic rings. The molecule has 0 amide bonds. The van der Waals surface area contributed by atoms with Gasteiger partial charge in [0, 0.05) is 27.7 Å². The van der Waals surface area contributed by atoms with Crippen molar-refractivity contribution in [3.05, 3.63) is 119 Å². The first kappa shape index (κ1) is 19.6. The molecule has 0 aliphatic carbocycles. The van der Waals surface area contributed by atoms with Gasteiger partial charge in [-0.1, -0.05) is 80.6 Å². The lowest BCUT2D eigenvalue weighted by atomic mass is 9.75. The van der Waals surface area contributed by atoms with Gasteiger partial charge >= 0.3 is 0 Å². The molecule has 4 aromatic rings. The lowest BCUT2D eigenvalue weighted by molar-refractivity contribution is 0.192. The fourth-order valence-electron chi connectivity index (χ4n) is 4.61. The first-order valence-corrected chi connectivity index (χ1v) is 11.2. The molecule has 6 rings (SSSR count). The Balaban J connectivity index is 1.25. The summed E-state index contributed by atoms with van der Waals surface area (Å²) in [6, 6.07) is 33.1. The van der Waals surface area contributed by atoms with Crippen LogP contribution >= 0.6 is 0 Å². The topological polar surface area (TPSA) is 42.8 Å². The first-order valence-electron chi connectivity index (χ1n) is 11.2. The summed E-state index contributed by atoms with van der Waals surface area (Å²) in [7, 11) is 0. The smallest absolute Gasteiger partial charge is 0.240 e. The molecule has 162 valence electrons. The van der Waals surface area contributed by atoms with E-state index in [9.17, 15) is 0 Å². The third-order valence-electron chi connectivity index (χ3n) is 6.51. The maximum absolute atomic E-state index is 6.20. The Morgan fingerprint density at radius 1 is 0.697 bits per heavy atom. The molecule has 0 saturated heterocycles. The Kier molecular flexibility index (Phi) is 4.47. The number of benzene rings is 4. The number of para-hydroxylation sites is 1. The van der Waals surface area contributed by atoms with Crippen LogP contribution in [0.4, 0.5) is 0 Å². The van der Waals surface area contributed by atoms with Crippen molar-refractivity contribution in [2.45, 2.75) is 25.5 Å². The number of ether oxygens (including phenoxy) is 2. The summed E-state index contributed by atoms with van der Waals surface area (Å²) in [5.41, 5.74) is 9.68. The molecule has 0 bridgehead atoms. The van der Waals surface area contributed by atoms with Gasteiger partial charge in [0.05, 0.1) is 0 Å². The number of hydrazone groups is 1. The van der Waals surface area contributed by atoms with E-state index < -0.39 is 0 Å². The average Bonchev–Trinajstić information content (AvgIpc) is 3.35. The summed E-state index contributed by atoms with van der Waals surface area (Å²) in [6.07, 6.45) is -0.290. The van der Waals surface area contributed by atoms with Crippen LogP contribution in [0.3, 0.4) is 0 Å². The van der Waals surface area contributed by atoms with Crippen LogP contribution in [0.15, 0.2) is 102 Å². The molecule has 1 unspecified atom stereocenters. The van der Waals surface area contributed by atoms with E-state index in [4.69, 9.17) is 9.47 Å². The Hall–Kier alpha value is -4.05. The van der Waals surface area contributed by atoms with Gasteiger partial charge in [0.15, 0.2) is 0 Å². The second-order valence-electron chi connectivity index (χ2n) is 8.97. The highest BCUT2D eigenvalue weighted by Crippen LogP contribution is 2.48. The van der Waals surface area contributed by atoms with Crippen LogP contribution in [0.5, 0.6) is 11.5 Å². The molecule has 2 aliphatic heterocycles. The quantitative estimate of drug-likeness (QED) is 0.389. The number of hydrogen-bond donors (Lipinski definition) is 1. The minimum Gasteiger partial charge on any atom is -0.457 e. The van der Waals surface area contributed by atoms with E-state index in [0.29, 0.717) is 5.90 Å². The molecule has 0 saturated carbocycles. The van der Waals surface area contributed by atoms with Gasteiger partial charge in [-0.15, -0.1) is 5.10 Å². The molecule has 4 heteroatoms. The van der Waals surface area contributed by atoms with Gasteiger partial charge in [-0.25, -0.2) is 0 Å². The van der Waals surface area contributed by atoms with Gasteiger partial charge in [-0.3, -0.25) is 5.43 Å². The molecule has 33 heavy (non-hydrogen) atoms. The summed E-state index contributed by atoms with van der Waals surface area (Å²) in [4.78, 5) is 0. The maximum Gasteiger partial charge on any atom is 0.240 e. The van der Waals surface area contributed by atoms with Crippen molar-refractivity contribution >= 4 is 5.90 Å². The number of nitrogens with zero attached hydrogens (tertiary/aromatic N) is 1. The lowest BCUT2D eigenvalue weighted by Gasteiger charge is -2.34. The molecule has 4 nitrogen and oxygen atoms in total.